The molecule has 7 heteroatoms. The Bertz CT molecular complexity index is 625. The number of amides is 1. The molecule has 0 aliphatic carbocycles. The SMILES string of the molecule is C[C@H](CO)[C@H](C)NC(=O)C(C)(C)S(=O)(=O)c1ccc(Cl)cc1. The number of aliphatic hydroxyl groups is 1. The Kier molecular flexibility index (Phi) is 6.01. The first-order valence-electron chi connectivity index (χ1n) is 6.96. The highest BCUT2D eigenvalue weighted by Crippen LogP contribution is 2.27. The highest BCUT2D eigenvalue weighted by Gasteiger charge is 2.43. The Labute approximate surface area is 136 Å². The van der Waals surface area contributed by atoms with E-state index in [1.807, 2.05) is 0 Å². The first-order chi connectivity index (χ1) is 10.0. The number of rotatable bonds is 6. The van der Waals surface area contributed by atoms with Crippen molar-refractivity contribution in [3.63, 3.8) is 0 Å². The van der Waals surface area contributed by atoms with Crippen molar-refractivity contribution in [2.75, 3.05) is 6.61 Å². The van der Waals surface area contributed by atoms with Crippen LogP contribution in [0.25, 0.3) is 0 Å². The molecule has 0 aromatic heterocycles. The molecule has 2 atom stereocenters. The average Bonchev–Trinajstić information content (AvgIpc) is 2.46. The molecule has 2 N–H and O–H groups in total. The summed E-state index contributed by atoms with van der Waals surface area (Å²) < 4.78 is 23.7. The van der Waals surface area contributed by atoms with E-state index in [-0.39, 0.29) is 23.5 Å². The number of carbonyl (C=O) groups is 1. The molecule has 1 rings (SSSR count). The van der Waals surface area contributed by atoms with Gasteiger partial charge in [-0.15, -0.1) is 0 Å². The number of benzene rings is 1. The fourth-order valence-corrected chi connectivity index (χ4v) is 3.22. The molecule has 0 heterocycles. The van der Waals surface area contributed by atoms with Gasteiger partial charge < -0.3 is 10.4 Å². The van der Waals surface area contributed by atoms with E-state index in [1.165, 1.54) is 38.1 Å². The first kappa shape index (κ1) is 18.9. The van der Waals surface area contributed by atoms with Crippen LogP contribution in [0.3, 0.4) is 0 Å². The van der Waals surface area contributed by atoms with E-state index >= 15 is 0 Å². The lowest BCUT2D eigenvalue weighted by Gasteiger charge is -2.27. The molecule has 0 saturated heterocycles. The second-order valence-electron chi connectivity index (χ2n) is 5.89. The molecular formula is C15H22ClNO4S. The molecule has 0 aliphatic heterocycles. The molecule has 5 nitrogen and oxygen atoms in total. The molecule has 22 heavy (non-hydrogen) atoms. The molecule has 0 fully saturated rings. The molecule has 0 aliphatic rings. The summed E-state index contributed by atoms with van der Waals surface area (Å²) in [5.41, 5.74) is 0. The minimum absolute atomic E-state index is 0.0416. The summed E-state index contributed by atoms with van der Waals surface area (Å²) in [6.45, 7) is 6.13. The van der Waals surface area contributed by atoms with E-state index in [4.69, 9.17) is 16.7 Å². The van der Waals surface area contributed by atoms with Crippen molar-refractivity contribution in [3.05, 3.63) is 29.3 Å². The van der Waals surface area contributed by atoms with E-state index in [0.717, 1.165) is 0 Å². The molecule has 1 amide bonds. The van der Waals surface area contributed by atoms with Gasteiger partial charge in [-0.25, -0.2) is 8.42 Å². The Morgan fingerprint density at radius 3 is 2.23 bits per heavy atom. The van der Waals surface area contributed by atoms with Crippen molar-refractivity contribution in [2.45, 2.75) is 43.4 Å². The molecule has 0 bridgehead atoms. The molecule has 0 unspecified atom stereocenters. The number of hydrogen-bond acceptors (Lipinski definition) is 4. The van der Waals surface area contributed by atoms with Crippen LogP contribution in [0, 0.1) is 5.92 Å². The molecule has 1 aromatic rings. The van der Waals surface area contributed by atoms with Crippen molar-refractivity contribution >= 4 is 27.3 Å². The maximum atomic E-state index is 12.7. The summed E-state index contributed by atoms with van der Waals surface area (Å²) in [6, 6.07) is 5.37. The number of carbonyl (C=O) groups excluding carboxylic acids is 1. The third-order valence-electron chi connectivity index (χ3n) is 3.84. The molecule has 0 radical (unpaired) electrons. The predicted molar refractivity (Wildman–Crippen MR) is 86.6 cm³/mol. The number of nitrogens with one attached hydrogen (secondary N) is 1. The predicted octanol–water partition coefficient (Wildman–Crippen LogP) is 2.03. The lowest BCUT2D eigenvalue weighted by Crippen LogP contribution is -2.52. The van der Waals surface area contributed by atoms with Crippen molar-refractivity contribution in [3.8, 4) is 0 Å². The quantitative estimate of drug-likeness (QED) is 0.824. The van der Waals surface area contributed by atoms with Crippen LogP contribution in [0.1, 0.15) is 27.7 Å². The van der Waals surface area contributed by atoms with Crippen molar-refractivity contribution in [1.29, 1.82) is 0 Å². The number of sulfone groups is 1. The summed E-state index contributed by atoms with van der Waals surface area (Å²) in [7, 11) is -3.87. The van der Waals surface area contributed by atoms with Gasteiger partial charge in [-0.05, 0) is 51.0 Å². The molecule has 0 saturated carbocycles. The summed E-state index contributed by atoms with van der Waals surface area (Å²) in [5.74, 6) is -0.770. The number of hydrogen-bond donors (Lipinski definition) is 2. The summed E-state index contributed by atoms with van der Waals surface area (Å²) >= 11 is 5.76. The third-order valence-corrected chi connectivity index (χ3v) is 6.52. The molecule has 0 spiro atoms. The lowest BCUT2D eigenvalue weighted by molar-refractivity contribution is -0.123. The van der Waals surface area contributed by atoms with E-state index in [2.05, 4.69) is 5.32 Å². The number of halogens is 1. The van der Waals surface area contributed by atoms with E-state index in [0.29, 0.717) is 5.02 Å². The topological polar surface area (TPSA) is 83.5 Å². The van der Waals surface area contributed by atoms with Crippen LogP contribution in [0.5, 0.6) is 0 Å². The Morgan fingerprint density at radius 1 is 1.27 bits per heavy atom. The van der Waals surface area contributed by atoms with E-state index in [9.17, 15) is 13.2 Å². The van der Waals surface area contributed by atoms with Crippen LogP contribution < -0.4 is 5.32 Å². The summed E-state index contributed by atoms with van der Waals surface area (Å²) in [4.78, 5) is 12.4. The van der Waals surface area contributed by atoms with Crippen molar-refractivity contribution in [1.82, 2.24) is 5.32 Å². The Balaban J connectivity index is 3.06. The van der Waals surface area contributed by atoms with Gasteiger partial charge in [0.1, 0.15) is 4.75 Å². The van der Waals surface area contributed by atoms with Gasteiger partial charge >= 0.3 is 0 Å². The minimum Gasteiger partial charge on any atom is -0.396 e. The van der Waals surface area contributed by atoms with E-state index in [1.54, 1.807) is 13.8 Å². The van der Waals surface area contributed by atoms with Crippen LogP contribution in [-0.4, -0.2) is 36.8 Å². The highest BCUT2D eigenvalue weighted by molar-refractivity contribution is 7.93. The minimum atomic E-state index is -3.87. The first-order valence-corrected chi connectivity index (χ1v) is 8.82. The lowest BCUT2D eigenvalue weighted by atomic mass is 10.0. The maximum Gasteiger partial charge on any atom is 0.241 e. The normalized spacial score (nSPS) is 15.2. The highest BCUT2D eigenvalue weighted by atomic mass is 35.5. The monoisotopic (exact) mass is 347 g/mol. The molecule has 124 valence electrons. The summed E-state index contributed by atoms with van der Waals surface area (Å²) in [5, 5.41) is 12.2. The van der Waals surface area contributed by atoms with Crippen LogP contribution >= 0.6 is 11.6 Å². The standard InChI is InChI=1S/C15H22ClNO4S/c1-10(9-18)11(2)17-14(19)15(3,4)22(20,21)13-7-5-12(16)6-8-13/h5-8,10-11,18H,9H2,1-4H3,(H,17,19)/t10-,11+/m1/s1. The second kappa shape index (κ2) is 6.98. The van der Waals surface area contributed by atoms with Crippen LogP contribution in [0.4, 0.5) is 0 Å². The molecule has 1 aromatic carbocycles. The van der Waals surface area contributed by atoms with Crippen LogP contribution in [0.2, 0.25) is 5.02 Å². The van der Waals surface area contributed by atoms with Crippen LogP contribution in [-0.2, 0) is 14.6 Å². The summed E-state index contributed by atoms with van der Waals surface area (Å²) in [6.07, 6.45) is 0. The van der Waals surface area contributed by atoms with Gasteiger partial charge in [0.05, 0.1) is 4.90 Å². The smallest absolute Gasteiger partial charge is 0.241 e. The Morgan fingerprint density at radius 2 is 1.77 bits per heavy atom. The van der Waals surface area contributed by atoms with Crippen molar-refractivity contribution in [2.24, 2.45) is 5.92 Å². The number of aliphatic hydroxyl groups excluding tert-OH is 1. The maximum absolute atomic E-state index is 12.7. The van der Waals surface area contributed by atoms with Crippen molar-refractivity contribution < 1.29 is 18.3 Å². The Hall–Kier alpha value is -1.11. The van der Waals surface area contributed by atoms with Crippen LogP contribution in [0.15, 0.2) is 29.2 Å². The van der Waals surface area contributed by atoms with Gasteiger partial charge in [-0.1, -0.05) is 18.5 Å². The van der Waals surface area contributed by atoms with E-state index < -0.39 is 20.5 Å². The van der Waals surface area contributed by atoms with Gasteiger partial charge in [-0.3, -0.25) is 4.79 Å². The fraction of sp³-hybridized carbons (Fsp3) is 0.533. The largest absolute Gasteiger partial charge is 0.396 e. The van der Waals surface area contributed by atoms with Gasteiger partial charge in [-0.2, -0.15) is 0 Å². The van der Waals surface area contributed by atoms with Gasteiger partial charge in [0.25, 0.3) is 0 Å². The molecular weight excluding hydrogens is 326 g/mol. The average molecular weight is 348 g/mol. The zero-order valence-electron chi connectivity index (χ0n) is 13.1. The van der Waals surface area contributed by atoms with Gasteiger partial charge in [0, 0.05) is 17.7 Å². The zero-order chi connectivity index (χ0) is 17.1. The zero-order valence-corrected chi connectivity index (χ0v) is 14.7. The fourth-order valence-electron chi connectivity index (χ4n) is 1.71. The van der Waals surface area contributed by atoms with Gasteiger partial charge in [0.15, 0.2) is 9.84 Å². The third kappa shape index (κ3) is 3.80. The van der Waals surface area contributed by atoms with Gasteiger partial charge in [0.2, 0.25) is 5.91 Å². The second-order valence-corrected chi connectivity index (χ2v) is 8.82.